The van der Waals surface area contributed by atoms with Gasteiger partial charge in [0.2, 0.25) is 0 Å². The zero-order valence-corrected chi connectivity index (χ0v) is 10.1. The molecule has 2 aromatic rings. The zero-order valence-electron chi connectivity index (χ0n) is 10.1. The summed E-state index contributed by atoms with van der Waals surface area (Å²) in [5, 5.41) is 14.7. The molecule has 0 aliphatic heterocycles. The number of aliphatic carboxylic acids is 1. The highest BCUT2D eigenvalue weighted by Gasteiger charge is 2.13. The van der Waals surface area contributed by atoms with Crippen molar-refractivity contribution >= 4 is 17.6 Å². The molecule has 0 saturated carbocycles. The van der Waals surface area contributed by atoms with Crippen molar-refractivity contribution in [2.75, 3.05) is 5.32 Å². The van der Waals surface area contributed by atoms with Gasteiger partial charge in [0.15, 0.2) is 0 Å². The van der Waals surface area contributed by atoms with E-state index in [1.54, 1.807) is 19.1 Å². The largest absolute Gasteiger partial charge is 0.481 e. The highest BCUT2D eigenvalue weighted by molar-refractivity contribution is 6.04. The van der Waals surface area contributed by atoms with Crippen LogP contribution in [-0.2, 0) is 11.2 Å². The van der Waals surface area contributed by atoms with Gasteiger partial charge >= 0.3 is 5.97 Å². The van der Waals surface area contributed by atoms with Crippen molar-refractivity contribution in [2.45, 2.75) is 13.3 Å². The van der Waals surface area contributed by atoms with E-state index in [9.17, 15) is 9.59 Å². The third-order valence-electron chi connectivity index (χ3n) is 2.41. The molecule has 0 aliphatic carbocycles. The fourth-order valence-electron chi connectivity index (χ4n) is 1.47. The van der Waals surface area contributed by atoms with Gasteiger partial charge in [-0.2, -0.15) is 0 Å². The number of hydrogen-bond donors (Lipinski definition) is 2. The van der Waals surface area contributed by atoms with Crippen molar-refractivity contribution in [3.8, 4) is 0 Å². The van der Waals surface area contributed by atoms with Gasteiger partial charge in [0.05, 0.1) is 30.2 Å². The molecule has 0 atom stereocenters. The average Bonchev–Trinajstić information content (AvgIpc) is 2.77. The monoisotopic (exact) mass is 261 g/mol. The van der Waals surface area contributed by atoms with Crippen LogP contribution in [0.1, 0.15) is 21.8 Å². The summed E-state index contributed by atoms with van der Waals surface area (Å²) in [6, 6.07) is 3.14. The van der Waals surface area contributed by atoms with Gasteiger partial charge in [0.25, 0.3) is 5.91 Å². The smallest absolute Gasteiger partial charge is 0.309 e. The first kappa shape index (κ1) is 12.7. The minimum absolute atomic E-state index is 0.154. The lowest BCUT2D eigenvalue weighted by atomic mass is 10.2. The van der Waals surface area contributed by atoms with Crippen molar-refractivity contribution in [1.82, 2.24) is 10.1 Å². The molecule has 0 aromatic carbocycles. The van der Waals surface area contributed by atoms with Crippen molar-refractivity contribution in [2.24, 2.45) is 0 Å². The molecule has 0 aliphatic rings. The van der Waals surface area contributed by atoms with Crippen molar-refractivity contribution in [3.63, 3.8) is 0 Å². The highest BCUT2D eigenvalue weighted by Crippen LogP contribution is 2.11. The van der Waals surface area contributed by atoms with E-state index < -0.39 is 5.97 Å². The third-order valence-corrected chi connectivity index (χ3v) is 2.41. The number of rotatable bonds is 4. The number of carboxylic acid groups (broad SMARTS) is 1. The number of amides is 1. The summed E-state index contributed by atoms with van der Waals surface area (Å²) in [4.78, 5) is 26.3. The maximum absolute atomic E-state index is 11.8. The van der Waals surface area contributed by atoms with E-state index >= 15 is 0 Å². The number of carbonyl (C=O) groups excluding carboxylic acids is 1. The van der Waals surface area contributed by atoms with E-state index in [0.29, 0.717) is 22.7 Å². The highest BCUT2D eigenvalue weighted by atomic mass is 16.5. The van der Waals surface area contributed by atoms with Gasteiger partial charge in [0, 0.05) is 0 Å². The number of aryl methyl sites for hydroxylation is 1. The van der Waals surface area contributed by atoms with E-state index in [0.717, 1.165) is 0 Å². The van der Waals surface area contributed by atoms with E-state index in [4.69, 9.17) is 9.63 Å². The van der Waals surface area contributed by atoms with Crippen LogP contribution >= 0.6 is 0 Å². The summed E-state index contributed by atoms with van der Waals surface area (Å²) in [7, 11) is 0. The summed E-state index contributed by atoms with van der Waals surface area (Å²) in [6.45, 7) is 1.64. The molecule has 2 N–H and O–H groups in total. The maximum atomic E-state index is 11.8. The Morgan fingerprint density at radius 2 is 2.16 bits per heavy atom. The van der Waals surface area contributed by atoms with Crippen LogP contribution in [-0.4, -0.2) is 27.1 Å². The van der Waals surface area contributed by atoms with Gasteiger partial charge in [0.1, 0.15) is 11.3 Å². The third kappa shape index (κ3) is 3.15. The van der Waals surface area contributed by atoms with Crippen LogP contribution in [0.5, 0.6) is 0 Å². The molecule has 2 heterocycles. The fraction of sp³-hybridized carbons (Fsp3) is 0.167. The molecule has 19 heavy (non-hydrogen) atoms. The summed E-state index contributed by atoms with van der Waals surface area (Å²) in [5.41, 5.74) is 1.24. The standard InChI is InChI=1S/C12H11N3O4/c1-7-10(6-14-19-7)12(18)15-9-3-2-8(13-5-9)4-11(16)17/h2-3,5-6H,4H2,1H3,(H,15,18)(H,16,17). The Bertz CT molecular complexity index is 604. The molecule has 0 radical (unpaired) electrons. The normalized spacial score (nSPS) is 10.2. The molecule has 0 unspecified atom stereocenters. The van der Waals surface area contributed by atoms with E-state index in [1.165, 1.54) is 12.4 Å². The molecule has 0 spiro atoms. The topological polar surface area (TPSA) is 105 Å². The van der Waals surface area contributed by atoms with Crippen LogP contribution in [0.2, 0.25) is 0 Å². The Balaban J connectivity index is 2.06. The van der Waals surface area contributed by atoms with Crippen LogP contribution in [0.3, 0.4) is 0 Å². The minimum atomic E-state index is -0.954. The summed E-state index contributed by atoms with van der Waals surface area (Å²) < 4.78 is 4.79. The van der Waals surface area contributed by atoms with Gasteiger partial charge < -0.3 is 14.9 Å². The first-order valence-electron chi connectivity index (χ1n) is 5.45. The molecule has 0 bridgehead atoms. The average molecular weight is 261 g/mol. The van der Waals surface area contributed by atoms with Crippen LogP contribution < -0.4 is 5.32 Å². The number of aromatic nitrogens is 2. The van der Waals surface area contributed by atoms with Crippen molar-refractivity contribution in [3.05, 3.63) is 41.5 Å². The number of carbonyl (C=O) groups is 2. The van der Waals surface area contributed by atoms with Gasteiger partial charge in [-0.3, -0.25) is 14.6 Å². The molecule has 0 saturated heterocycles. The predicted molar refractivity (Wildman–Crippen MR) is 64.8 cm³/mol. The van der Waals surface area contributed by atoms with Gasteiger partial charge in [-0.05, 0) is 19.1 Å². The van der Waals surface area contributed by atoms with Crippen LogP contribution in [0, 0.1) is 6.92 Å². The Morgan fingerprint density at radius 1 is 1.37 bits per heavy atom. The first-order chi connectivity index (χ1) is 9.06. The zero-order chi connectivity index (χ0) is 13.8. The Labute approximate surface area is 108 Å². The van der Waals surface area contributed by atoms with E-state index in [2.05, 4.69) is 15.5 Å². The van der Waals surface area contributed by atoms with Crippen LogP contribution in [0.4, 0.5) is 5.69 Å². The SMILES string of the molecule is Cc1oncc1C(=O)Nc1ccc(CC(=O)O)nc1. The molecule has 2 aromatic heterocycles. The van der Waals surface area contributed by atoms with Gasteiger partial charge in [-0.1, -0.05) is 5.16 Å². The first-order valence-corrected chi connectivity index (χ1v) is 5.45. The Hall–Kier alpha value is -2.70. The Kier molecular flexibility index (Phi) is 3.56. The van der Waals surface area contributed by atoms with Crippen LogP contribution in [0.15, 0.2) is 29.0 Å². The van der Waals surface area contributed by atoms with E-state index in [-0.39, 0.29) is 12.3 Å². The molecule has 2 rings (SSSR count). The number of hydrogen-bond acceptors (Lipinski definition) is 5. The van der Waals surface area contributed by atoms with Crippen LogP contribution in [0.25, 0.3) is 0 Å². The lowest BCUT2D eigenvalue weighted by molar-refractivity contribution is -0.136. The number of nitrogens with one attached hydrogen (secondary N) is 1. The maximum Gasteiger partial charge on any atom is 0.309 e. The molecule has 7 heteroatoms. The van der Waals surface area contributed by atoms with Crippen molar-refractivity contribution in [1.29, 1.82) is 0 Å². The van der Waals surface area contributed by atoms with Crippen molar-refractivity contribution < 1.29 is 19.2 Å². The fourth-order valence-corrected chi connectivity index (χ4v) is 1.47. The summed E-state index contributed by atoms with van der Waals surface area (Å²) in [6.07, 6.45) is 2.58. The molecule has 0 fully saturated rings. The van der Waals surface area contributed by atoms with E-state index in [1.807, 2.05) is 0 Å². The Morgan fingerprint density at radius 3 is 2.68 bits per heavy atom. The van der Waals surface area contributed by atoms with Gasteiger partial charge in [-0.15, -0.1) is 0 Å². The number of anilines is 1. The number of carboxylic acids is 1. The quantitative estimate of drug-likeness (QED) is 0.858. The minimum Gasteiger partial charge on any atom is -0.481 e. The lowest BCUT2D eigenvalue weighted by Gasteiger charge is -2.04. The van der Waals surface area contributed by atoms with Gasteiger partial charge in [-0.25, -0.2) is 0 Å². The summed E-state index contributed by atoms with van der Waals surface area (Å²) >= 11 is 0. The number of nitrogens with zero attached hydrogens (tertiary/aromatic N) is 2. The summed E-state index contributed by atoms with van der Waals surface area (Å²) in [5.74, 6) is -0.885. The molecular formula is C12H11N3O4. The number of pyridine rings is 1. The molecular weight excluding hydrogens is 250 g/mol. The molecule has 7 nitrogen and oxygen atoms in total. The second-order valence-corrected chi connectivity index (χ2v) is 3.86. The second kappa shape index (κ2) is 5.30. The second-order valence-electron chi connectivity index (χ2n) is 3.86. The predicted octanol–water partition coefficient (Wildman–Crippen LogP) is 1.26. The lowest BCUT2D eigenvalue weighted by Crippen LogP contribution is -2.12. The molecule has 98 valence electrons. The molecule has 1 amide bonds.